The van der Waals surface area contributed by atoms with Crippen LogP contribution in [0.3, 0.4) is 0 Å². The first-order valence-electron chi connectivity index (χ1n) is 9.58. The number of para-hydroxylation sites is 1. The second-order valence-electron chi connectivity index (χ2n) is 6.87. The molecule has 3 aromatic rings. The van der Waals surface area contributed by atoms with Gasteiger partial charge in [0.25, 0.3) is 15.9 Å². The molecule has 0 saturated carbocycles. The Labute approximate surface area is 182 Å². The fourth-order valence-electron chi connectivity index (χ4n) is 2.77. The monoisotopic (exact) mass is 440 g/mol. The molecule has 3 aromatic carbocycles. The molecule has 1 amide bonds. The molecule has 2 N–H and O–H groups in total. The first kappa shape index (κ1) is 22.2. The summed E-state index contributed by atoms with van der Waals surface area (Å²) in [5.74, 6) is 0.926. The molecular formula is C23H24N2O5S. The maximum absolute atomic E-state index is 12.6. The number of sulfonamides is 1. The molecular weight excluding hydrogens is 416 g/mol. The number of aryl methyl sites for hydroxylation is 1. The molecule has 0 aliphatic heterocycles. The Morgan fingerprint density at radius 1 is 0.903 bits per heavy atom. The summed E-state index contributed by atoms with van der Waals surface area (Å²) < 4.78 is 38.4. The fourth-order valence-corrected chi connectivity index (χ4v) is 3.83. The normalized spacial score (nSPS) is 12.0. The molecule has 0 unspecified atom stereocenters. The summed E-state index contributed by atoms with van der Waals surface area (Å²) in [6.07, 6.45) is -0.721. The van der Waals surface area contributed by atoms with Gasteiger partial charge in [-0.05, 0) is 74.0 Å². The first-order valence-corrected chi connectivity index (χ1v) is 11.1. The second-order valence-corrected chi connectivity index (χ2v) is 8.56. The van der Waals surface area contributed by atoms with Gasteiger partial charge < -0.3 is 14.8 Å². The number of benzene rings is 3. The number of hydrogen-bond acceptors (Lipinski definition) is 5. The van der Waals surface area contributed by atoms with E-state index in [1.165, 1.54) is 31.4 Å². The summed E-state index contributed by atoms with van der Waals surface area (Å²) in [5, 5.41) is 2.73. The number of amides is 1. The Bertz CT molecular complexity index is 1140. The van der Waals surface area contributed by atoms with Crippen LogP contribution in [0.25, 0.3) is 0 Å². The predicted molar refractivity (Wildman–Crippen MR) is 120 cm³/mol. The van der Waals surface area contributed by atoms with E-state index >= 15 is 0 Å². The van der Waals surface area contributed by atoms with Crippen LogP contribution in [0.1, 0.15) is 12.5 Å². The van der Waals surface area contributed by atoms with Crippen molar-refractivity contribution in [2.75, 3.05) is 17.1 Å². The zero-order valence-electron chi connectivity index (χ0n) is 17.5. The van der Waals surface area contributed by atoms with Gasteiger partial charge in [-0.25, -0.2) is 8.42 Å². The molecule has 0 fully saturated rings. The van der Waals surface area contributed by atoms with Crippen LogP contribution in [0.4, 0.5) is 11.4 Å². The lowest BCUT2D eigenvalue weighted by atomic mass is 10.2. The lowest BCUT2D eigenvalue weighted by Crippen LogP contribution is -2.30. The number of anilines is 2. The van der Waals surface area contributed by atoms with Crippen molar-refractivity contribution in [3.63, 3.8) is 0 Å². The molecule has 0 aliphatic rings. The van der Waals surface area contributed by atoms with Gasteiger partial charge in [0, 0.05) is 11.4 Å². The quantitative estimate of drug-likeness (QED) is 0.547. The summed E-state index contributed by atoms with van der Waals surface area (Å²) in [4.78, 5) is 12.5. The van der Waals surface area contributed by atoms with Crippen LogP contribution < -0.4 is 19.5 Å². The van der Waals surface area contributed by atoms with Crippen molar-refractivity contribution in [3.8, 4) is 11.5 Å². The third-order valence-electron chi connectivity index (χ3n) is 4.54. The minimum absolute atomic E-state index is 0.0746. The molecule has 162 valence electrons. The topological polar surface area (TPSA) is 93.7 Å². The average Bonchev–Trinajstić information content (AvgIpc) is 2.76. The number of carbonyl (C=O) groups excluding carboxylic acids is 1. The Kier molecular flexibility index (Phi) is 6.81. The molecule has 8 heteroatoms. The van der Waals surface area contributed by atoms with E-state index in [4.69, 9.17) is 9.47 Å². The summed E-state index contributed by atoms with van der Waals surface area (Å²) in [5.41, 5.74) is 1.81. The van der Waals surface area contributed by atoms with E-state index in [9.17, 15) is 13.2 Å². The predicted octanol–water partition coefficient (Wildman–Crippen LogP) is 4.21. The number of ether oxygens (including phenoxy) is 2. The lowest BCUT2D eigenvalue weighted by Gasteiger charge is -2.16. The van der Waals surface area contributed by atoms with E-state index < -0.39 is 16.1 Å². The minimum Gasteiger partial charge on any atom is -0.497 e. The van der Waals surface area contributed by atoms with Crippen LogP contribution >= 0.6 is 0 Å². The molecule has 0 saturated heterocycles. The molecule has 7 nitrogen and oxygen atoms in total. The number of hydrogen-bond donors (Lipinski definition) is 2. The maximum Gasteiger partial charge on any atom is 0.265 e. The van der Waals surface area contributed by atoms with E-state index in [1.807, 2.05) is 25.1 Å². The molecule has 0 radical (unpaired) electrons. The van der Waals surface area contributed by atoms with Crippen LogP contribution in [0, 0.1) is 6.92 Å². The van der Waals surface area contributed by atoms with Crippen molar-refractivity contribution in [3.05, 3.63) is 78.4 Å². The lowest BCUT2D eigenvalue weighted by molar-refractivity contribution is -0.122. The summed E-state index contributed by atoms with van der Waals surface area (Å²) >= 11 is 0. The van der Waals surface area contributed by atoms with Crippen molar-refractivity contribution >= 4 is 27.3 Å². The highest BCUT2D eigenvalue weighted by Crippen LogP contribution is 2.21. The minimum atomic E-state index is -3.77. The van der Waals surface area contributed by atoms with Crippen LogP contribution in [0.5, 0.6) is 11.5 Å². The molecule has 3 rings (SSSR count). The Balaban J connectivity index is 1.63. The Morgan fingerprint density at radius 3 is 2.13 bits per heavy atom. The third kappa shape index (κ3) is 5.76. The van der Waals surface area contributed by atoms with Crippen LogP contribution in [0.2, 0.25) is 0 Å². The van der Waals surface area contributed by atoms with Crippen molar-refractivity contribution in [1.29, 1.82) is 0 Å². The number of methoxy groups -OCH3 is 1. The van der Waals surface area contributed by atoms with E-state index in [0.29, 0.717) is 22.9 Å². The van der Waals surface area contributed by atoms with Gasteiger partial charge >= 0.3 is 0 Å². The van der Waals surface area contributed by atoms with Gasteiger partial charge in [-0.1, -0.05) is 18.2 Å². The van der Waals surface area contributed by atoms with Crippen molar-refractivity contribution < 1.29 is 22.7 Å². The van der Waals surface area contributed by atoms with Gasteiger partial charge in [-0.3, -0.25) is 9.52 Å². The van der Waals surface area contributed by atoms with Gasteiger partial charge in [0.15, 0.2) is 6.10 Å². The zero-order valence-corrected chi connectivity index (χ0v) is 18.3. The SMILES string of the molecule is COc1ccc(NS(=O)(=O)c2ccc(NC(=O)[C@@H](C)Oc3ccccc3C)cc2)cc1. The van der Waals surface area contributed by atoms with E-state index in [1.54, 1.807) is 37.3 Å². The van der Waals surface area contributed by atoms with Crippen molar-refractivity contribution in [2.45, 2.75) is 24.8 Å². The van der Waals surface area contributed by atoms with Gasteiger partial charge in [-0.15, -0.1) is 0 Å². The average molecular weight is 441 g/mol. The van der Waals surface area contributed by atoms with Gasteiger partial charge in [0.05, 0.1) is 12.0 Å². The molecule has 0 bridgehead atoms. The highest BCUT2D eigenvalue weighted by Gasteiger charge is 2.17. The smallest absolute Gasteiger partial charge is 0.265 e. The van der Waals surface area contributed by atoms with E-state index in [2.05, 4.69) is 10.0 Å². The number of rotatable bonds is 8. The fraction of sp³-hybridized carbons (Fsp3) is 0.174. The van der Waals surface area contributed by atoms with Crippen LogP contribution in [0.15, 0.2) is 77.7 Å². The Hall–Kier alpha value is -3.52. The summed E-state index contributed by atoms with van der Waals surface area (Å²) in [7, 11) is -2.23. The first-order chi connectivity index (χ1) is 14.8. The molecule has 1 atom stereocenters. The van der Waals surface area contributed by atoms with Gasteiger partial charge in [0.1, 0.15) is 11.5 Å². The third-order valence-corrected chi connectivity index (χ3v) is 5.94. The van der Waals surface area contributed by atoms with E-state index in [-0.39, 0.29) is 10.8 Å². The second kappa shape index (κ2) is 9.53. The van der Waals surface area contributed by atoms with E-state index in [0.717, 1.165) is 5.56 Å². The van der Waals surface area contributed by atoms with Crippen molar-refractivity contribution in [2.24, 2.45) is 0 Å². The van der Waals surface area contributed by atoms with Crippen LogP contribution in [-0.2, 0) is 14.8 Å². The van der Waals surface area contributed by atoms with Gasteiger partial charge in [0.2, 0.25) is 0 Å². The number of carbonyl (C=O) groups is 1. The zero-order chi connectivity index (χ0) is 22.4. The molecule has 31 heavy (non-hydrogen) atoms. The highest BCUT2D eigenvalue weighted by molar-refractivity contribution is 7.92. The molecule has 0 heterocycles. The molecule has 0 aliphatic carbocycles. The summed E-state index contributed by atoms with van der Waals surface area (Å²) in [6.45, 7) is 3.55. The maximum atomic E-state index is 12.6. The summed E-state index contributed by atoms with van der Waals surface area (Å²) in [6, 6.07) is 19.9. The molecule has 0 aromatic heterocycles. The Morgan fingerprint density at radius 2 is 1.52 bits per heavy atom. The highest BCUT2D eigenvalue weighted by atomic mass is 32.2. The van der Waals surface area contributed by atoms with Gasteiger partial charge in [-0.2, -0.15) is 0 Å². The van der Waals surface area contributed by atoms with Crippen molar-refractivity contribution in [1.82, 2.24) is 0 Å². The molecule has 0 spiro atoms. The number of nitrogens with one attached hydrogen (secondary N) is 2. The standard InChI is InChI=1S/C23H24N2O5S/c1-16-6-4-5-7-22(16)30-17(2)23(26)24-18-10-14-21(15-11-18)31(27,28)25-19-8-12-20(29-3)13-9-19/h4-15,17,25H,1-3H3,(H,24,26)/t17-/m1/s1. The van der Waals surface area contributed by atoms with Crippen LogP contribution in [-0.4, -0.2) is 27.5 Å². The largest absolute Gasteiger partial charge is 0.497 e.